The minimum absolute atomic E-state index is 0. The highest BCUT2D eigenvalue weighted by molar-refractivity contribution is 14.0. The van der Waals surface area contributed by atoms with Gasteiger partial charge in [-0.05, 0) is 17.5 Å². The molecular weight excluding hydrogens is 490 g/mol. The SMILES string of the molecule is CN=C(NCCc1nc(C(F)(F)F)cs1)NCc1cc2ccccc2[nH]1.I. The van der Waals surface area contributed by atoms with E-state index in [0.29, 0.717) is 30.5 Å². The van der Waals surface area contributed by atoms with Crippen LogP contribution in [-0.4, -0.2) is 29.5 Å². The molecule has 0 radical (unpaired) electrons. The van der Waals surface area contributed by atoms with Crippen LogP contribution < -0.4 is 10.6 Å². The number of aromatic nitrogens is 2. The number of benzene rings is 1. The van der Waals surface area contributed by atoms with Crippen molar-refractivity contribution in [1.82, 2.24) is 20.6 Å². The van der Waals surface area contributed by atoms with Crippen LogP contribution in [0.5, 0.6) is 0 Å². The molecule has 0 unspecified atom stereocenters. The van der Waals surface area contributed by atoms with Gasteiger partial charge in [0, 0.05) is 36.6 Å². The van der Waals surface area contributed by atoms with E-state index in [4.69, 9.17) is 0 Å². The van der Waals surface area contributed by atoms with Gasteiger partial charge in [0.25, 0.3) is 0 Å². The third-order valence-corrected chi connectivity index (χ3v) is 4.64. The first-order chi connectivity index (χ1) is 12.5. The lowest BCUT2D eigenvalue weighted by Gasteiger charge is -2.10. The molecule has 0 aliphatic heterocycles. The summed E-state index contributed by atoms with van der Waals surface area (Å²) in [4.78, 5) is 11.0. The largest absolute Gasteiger partial charge is 0.434 e. The summed E-state index contributed by atoms with van der Waals surface area (Å²) in [6.07, 6.45) is -3.99. The smallest absolute Gasteiger partial charge is 0.357 e. The first-order valence-electron chi connectivity index (χ1n) is 7.98. The van der Waals surface area contributed by atoms with Crippen LogP contribution in [0.1, 0.15) is 16.4 Å². The van der Waals surface area contributed by atoms with E-state index in [1.807, 2.05) is 24.3 Å². The van der Waals surface area contributed by atoms with Gasteiger partial charge in [-0.2, -0.15) is 13.2 Å². The average molecular weight is 509 g/mol. The number of guanidine groups is 1. The first kappa shape index (κ1) is 21.5. The summed E-state index contributed by atoms with van der Waals surface area (Å²) >= 11 is 1.01. The second kappa shape index (κ2) is 9.40. The van der Waals surface area contributed by atoms with Crippen molar-refractivity contribution >= 4 is 52.2 Å². The normalized spacial score (nSPS) is 12.1. The molecule has 0 atom stereocenters. The number of hydrogen-bond acceptors (Lipinski definition) is 3. The Morgan fingerprint density at radius 1 is 1.26 bits per heavy atom. The molecule has 0 aliphatic carbocycles. The Hall–Kier alpha value is -1.82. The van der Waals surface area contributed by atoms with Crippen molar-refractivity contribution < 1.29 is 13.2 Å². The Bertz CT molecular complexity index is 870. The maximum Gasteiger partial charge on any atom is 0.434 e. The molecule has 0 saturated carbocycles. The Morgan fingerprint density at radius 2 is 2.04 bits per heavy atom. The molecule has 0 amide bonds. The van der Waals surface area contributed by atoms with E-state index < -0.39 is 11.9 Å². The van der Waals surface area contributed by atoms with E-state index >= 15 is 0 Å². The van der Waals surface area contributed by atoms with E-state index in [-0.39, 0.29) is 24.0 Å². The van der Waals surface area contributed by atoms with Crippen LogP contribution in [0, 0.1) is 0 Å². The molecule has 2 heterocycles. The third-order valence-electron chi connectivity index (χ3n) is 3.73. The highest BCUT2D eigenvalue weighted by Gasteiger charge is 2.33. The lowest BCUT2D eigenvalue weighted by molar-refractivity contribution is -0.140. The Kier molecular flexibility index (Phi) is 7.48. The summed E-state index contributed by atoms with van der Waals surface area (Å²) in [5.41, 5.74) is 1.25. The molecule has 3 rings (SSSR count). The molecule has 1 aromatic carbocycles. The van der Waals surface area contributed by atoms with Crippen molar-refractivity contribution in [2.45, 2.75) is 19.1 Å². The number of aromatic amines is 1. The van der Waals surface area contributed by atoms with Crippen molar-refractivity contribution in [2.24, 2.45) is 4.99 Å². The number of H-pyrrole nitrogens is 1. The lowest BCUT2D eigenvalue weighted by atomic mass is 10.2. The van der Waals surface area contributed by atoms with E-state index in [0.717, 1.165) is 33.3 Å². The molecule has 3 aromatic rings. The van der Waals surface area contributed by atoms with E-state index in [1.54, 1.807) is 7.05 Å². The van der Waals surface area contributed by atoms with Crippen LogP contribution in [0.3, 0.4) is 0 Å². The fraction of sp³-hybridized carbons (Fsp3) is 0.294. The van der Waals surface area contributed by atoms with Gasteiger partial charge in [-0.3, -0.25) is 4.99 Å². The molecule has 0 fully saturated rings. The molecule has 5 nitrogen and oxygen atoms in total. The fourth-order valence-electron chi connectivity index (χ4n) is 2.47. The number of aliphatic imine (C=N–C) groups is 1. The number of halogens is 4. The number of alkyl halides is 3. The summed E-state index contributed by atoms with van der Waals surface area (Å²) in [7, 11) is 1.64. The number of hydrogen-bond donors (Lipinski definition) is 3. The van der Waals surface area contributed by atoms with Crippen molar-refractivity contribution in [3.63, 3.8) is 0 Å². The predicted molar refractivity (Wildman–Crippen MR) is 113 cm³/mol. The van der Waals surface area contributed by atoms with Crippen LogP contribution in [0.15, 0.2) is 40.7 Å². The Balaban J connectivity index is 0.00000261. The molecule has 0 spiro atoms. The number of nitrogens with one attached hydrogen (secondary N) is 3. The zero-order chi connectivity index (χ0) is 18.6. The molecule has 27 heavy (non-hydrogen) atoms. The maximum atomic E-state index is 12.5. The van der Waals surface area contributed by atoms with Gasteiger partial charge < -0.3 is 15.6 Å². The first-order valence-corrected chi connectivity index (χ1v) is 8.86. The number of para-hydroxylation sites is 1. The van der Waals surface area contributed by atoms with Crippen molar-refractivity contribution in [3.05, 3.63) is 52.1 Å². The van der Waals surface area contributed by atoms with Gasteiger partial charge in [0.15, 0.2) is 11.7 Å². The molecule has 0 saturated heterocycles. The minimum Gasteiger partial charge on any atom is -0.357 e. The summed E-state index contributed by atoms with van der Waals surface area (Å²) in [5.74, 6) is 0.580. The minimum atomic E-state index is -4.39. The zero-order valence-electron chi connectivity index (χ0n) is 14.4. The number of fused-ring (bicyclic) bond motifs is 1. The summed E-state index contributed by atoms with van der Waals surface area (Å²) in [5, 5.41) is 8.87. The Morgan fingerprint density at radius 3 is 2.70 bits per heavy atom. The van der Waals surface area contributed by atoms with Crippen molar-refractivity contribution in [1.29, 1.82) is 0 Å². The Labute approximate surface area is 175 Å². The van der Waals surface area contributed by atoms with Crippen molar-refractivity contribution in [3.8, 4) is 0 Å². The van der Waals surface area contributed by atoms with Crippen LogP contribution in [0.25, 0.3) is 10.9 Å². The van der Waals surface area contributed by atoms with Gasteiger partial charge in [-0.1, -0.05) is 18.2 Å². The van der Waals surface area contributed by atoms with Crippen LogP contribution in [0.2, 0.25) is 0 Å². The van der Waals surface area contributed by atoms with Crippen LogP contribution in [0.4, 0.5) is 13.2 Å². The highest BCUT2D eigenvalue weighted by Crippen LogP contribution is 2.29. The zero-order valence-corrected chi connectivity index (χ0v) is 17.6. The maximum absolute atomic E-state index is 12.5. The molecule has 3 N–H and O–H groups in total. The van der Waals surface area contributed by atoms with Crippen LogP contribution >= 0.6 is 35.3 Å². The summed E-state index contributed by atoms with van der Waals surface area (Å²) < 4.78 is 37.6. The quantitative estimate of drug-likeness (QED) is 0.275. The number of thiazole rings is 1. The topological polar surface area (TPSA) is 65.1 Å². The van der Waals surface area contributed by atoms with Gasteiger partial charge in [0.1, 0.15) is 0 Å². The second-order valence-electron chi connectivity index (χ2n) is 5.61. The van der Waals surface area contributed by atoms with Crippen LogP contribution in [-0.2, 0) is 19.1 Å². The van der Waals surface area contributed by atoms with E-state index in [2.05, 4.69) is 31.7 Å². The van der Waals surface area contributed by atoms with Gasteiger partial charge in [-0.15, -0.1) is 35.3 Å². The third kappa shape index (κ3) is 5.83. The van der Waals surface area contributed by atoms with Gasteiger partial charge >= 0.3 is 6.18 Å². The monoisotopic (exact) mass is 509 g/mol. The van der Waals surface area contributed by atoms with Crippen molar-refractivity contribution in [2.75, 3.05) is 13.6 Å². The standard InChI is InChI=1S/C17H18F3N5S.HI/c1-21-16(22-7-6-15-25-14(10-26-15)17(18,19)20)23-9-12-8-11-4-2-3-5-13(11)24-12;/h2-5,8,10,24H,6-7,9H2,1H3,(H2,21,22,23);1H. The molecule has 0 aliphatic rings. The molecular formula is C17H19F3IN5S. The molecule has 2 aromatic heterocycles. The van der Waals surface area contributed by atoms with E-state index in [1.165, 1.54) is 0 Å². The molecule has 146 valence electrons. The summed E-state index contributed by atoms with van der Waals surface area (Å²) in [6, 6.07) is 10.1. The van der Waals surface area contributed by atoms with Gasteiger partial charge in [0.2, 0.25) is 0 Å². The number of rotatable bonds is 5. The highest BCUT2D eigenvalue weighted by atomic mass is 127. The molecule has 0 bridgehead atoms. The molecule has 10 heteroatoms. The lowest BCUT2D eigenvalue weighted by Crippen LogP contribution is -2.37. The van der Waals surface area contributed by atoms with Gasteiger partial charge in [-0.25, -0.2) is 4.98 Å². The average Bonchev–Trinajstić information content (AvgIpc) is 3.24. The second-order valence-corrected chi connectivity index (χ2v) is 6.55. The number of nitrogens with zero attached hydrogens (tertiary/aromatic N) is 2. The van der Waals surface area contributed by atoms with Gasteiger partial charge in [0.05, 0.1) is 11.6 Å². The summed E-state index contributed by atoms with van der Waals surface area (Å²) in [6.45, 7) is 1.00. The predicted octanol–water partition coefficient (Wildman–Crippen LogP) is 4.17. The van der Waals surface area contributed by atoms with E-state index in [9.17, 15) is 13.2 Å². The fourth-order valence-corrected chi connectivity index (χ4v) is 3.28.